The standard InChI is InChI=1S/C23H31N7O2/c1-22(2,3)28-21(31)30-10-7-15(8-11-30)18-12-17-19(24-14-25-20(17)27-18)26-16-6-9-23(4,32)29(5)13-16/h6-7,9,12-14,32H,8,10-11H2,1-5H3,(H,28,31)(H2,24,25,26,27)/t23-/m0/s1. The molecule has 2 aliphatic heterocycles. The van der Waals surface area contributed by atoms with Gasteiger partial charge in [-0.3, -0.25) is 0 Å². The fourth-order valence-electron chi connectivity index (χ4n) is 3.67. The van der Waals surface area contributed by atoms with Gasteiger partial charge in [-0.25, -0.2) is 14.8 Å². The number of carbonyl (C=O) groups is 1. The van der Waals surface area contributed by atoms with Crippen molar-refractivity contribution in [2.45, 2.75) is 45.4 Å². The number of likely N-dealkylation sites (N-methyl/N-ethyl adjacent to an activating group) is 1. The van der Waals surface area contributed by atoms with E-state index in [9.17, 15) is 9.90 Å². The molecular formula is C23H31N7O2. The third-order valence-electron chi connectivity index (χ3n) is 5.64. The number of carbonyl (C=O) groups excluding carboxylic acids is 1. The topological polar surface area (TPSA) is 109 Å². The van der Waals surface area contributed by atoms with Crippen LogP contribution in [0, 0.1) is 0 Å². The lowest BCUT2D eigenvalue weighted by atomic mass is 10.0. The summed E-state index contributed by atoms with van der Waals surface area (Å²) in [6.07, 6.45) is 9.76. The molecule has 0 saturated carbocycles. The fraction of sp³-hybridized carbons (Fsp3) is 0.435. The van der Waals surface area contributed by atoms with Crippen LogP contribution in [0.25, 0.3) is 16.6 Å². The number of fused-ring (bicyclic) bond motifs is 1. The Morgan fingerprint density at radius 2 is 2.09 bits per heavy atom. The molecule has 2 amide bonds. The van der Waals surface area contributed by atoms with E-state index in [1.54, 1.807) is 17.9 Å². The molecule has 9 heteroatoms. The molecule has 0 radical (unpaired) electrons. The second kappa shape index (κ2) is 7.98. The first-order valence-corrected chi connectivity index (χ1v) is 10.8. The number of rotatable bonds is 3. The minimum atomic E-state index is -1.02. The molecular weight excluding hydrogens is 406 g/mol. The van der Waals surface area contributed by atoms with Crippen LogP contribution in [-0.2, 0) is 0 Å². The normalized spacial score (nSPS) is 21.4. The number of anilines is 1. The quantitative estimate of drug-likeness (QED) is 0.588. The zero-order valence-corrected chi connectivity index (χ0v) is 19.2. The average Bonchev–Trinajstić information content (AvgIpc) is 3.15. The minimum absolute atomic E-state index is 0.0421. The van der Waals surface area contributed by atoms with Gasteiger partial charge in [-0.2, -0.15) is 0 Å². The van der Waals surface area contributed by atoms with Gasteiger partial charge in [-0.05, 0) is 57.9 Å². The summed E-state index contributed by atoms with van der Waals surface area (Å²) in [7, 11) is 1.82. The number of aromatic nitrogens is 3. The zero-order valence-electron chi connectivity index (χ0n) is 19.2. The van der Waals surface area contributed by atoms with Crippen LogP contribution in [0.1, 0.15) is 39.8 Å². The minimum Gasteiger partial charge on any atom is -0.368 e. The summed E-state index contributed by atoms with van der Waals surface area (Å²) in [4.78, 5) is 28.1. The number of H-pyrrole nitrogens is 1. The number of amides is 2. The molecule has 9 nitrogen and oxygen atoms in total. The highest BCUT2D eigenvalue weighted by molar-refractivity contribution is 5.91. The highest BCUT2D eigenvalue weighted by Crippen LogP contribution is 2.29. The van der Waals surface area contributed by atoms with E-state index in [0.717, 1.165) is 34.4 Å². The maximum Gasteiger partial charge on any atom is 0.318 e. The van der Waals surface area contributed by atoms with E-state index in [1.807, 2.05) is 51.1 Å². The SMILES string of the molecule is CN1C=C(Nc2ncnc3[nH]c(C4=CCN(C(=O)NC(C)(C)C)CC4)cc23)C=C[C@]1(C)O. The largest absolute Gasteiger partial charge is 0.368 e. The molecule has 32 heavy (non-hydrogen) atoms. The lowest BCUT2D eigenvalue weighted by molar-refractivity contribution is -0.00941. The van der Waals surface area contributed by atoms with Crippen molar-refractivity contribution in [2.75, 3.05) is 25.5 Å². The van der Waals surface area contributed by atoms with Crippen molar-refractivity contribution >= 4 is 28.5 Å². The summed E-state index contributed by atoms with van der Waals surface area (Å²) < 4.78 is 0. The molecule has 4 N–H and O–H groups in total. The number of urea groups is 1. The number of allylic oxidation sites excluding steroid dienone is 1. The molecule has 0 aliphatic carbocycles. The van der Waals surface area contributed by atoms with E-state index in [4.69, 9.17) is 0 Å². The van der Waals surface area contributed by atoms with Crippen LogP contribution < -0.4 is 10.6 Å². The Balaban J connectivity index is 1.52. The molecule has 0 bridgehead atoms. The van der Waals surface area contributed by atoms with Gasteiger partial charge < -0.3 is 30.5 Å². The molecule has 0 saturated heterocycles. The smallest absolute Gasteiger partial charge is 0.318 e. The number of nitrogens with one attached hydrogen (secondary N) is 3. The van der Waals surface area contributed by atoms with E-state index in [1.165, 1.54) is 6.33 Å². The monoisotopic (exact) mass is 437 g/mol. The van der Waals surface area contributed by atoms with Crippen LogP contribution >= 0.6 is 0 Å². The van der Waals surface area contributed by atoms with Gasteiger partial charge >= 0.3 is 6.03 Å². The van der Waals surface area contributed by atoms with E-state index in [-0.39, 0.29) is 11.6 Å². The number of aromatic amines is 1. The second-order valence-corrected chi connectivity index (χ2v) is 9.52. The van der Waals surface area contributed by atoms with Crippen molar-refractivity contribution in [1.82, 2.24) is 30.1 Å². The predicted octanol–water partition coefficient (Wildman–Crippen LogP) is 3.02. The van der Waals surface area contributed by atoms with Crippen LogP contribution in [0.3, 0.4) is 0 Å². The number of hydrogen-bond acceptors (Lipinski definition) is 6. The first kappa shape index (κ1) is 21.9. The van der Waals surface area contributed by atoms with Gasteiger partial charge in [-0.15, -0.1) is 0 Å². The fourth-order valence-corrected chi connectivity index (χ4v) is 3.67. The summed E-state index contributed by atoms with van der Waals surface area (Å²) in [5.74, 6) is 0.686. The second-order valence-electron chi connectivity index (χ2n) is 9.52. The average molecular weight is 438 g/mol. The molecule has 0 fully saturated rings. The van der Waals surface area contributed by atoms with Crippen LogP contribution in [-0.4, -0.2) is 67.3 Å². The highest BCUT2D eigenvalue weighted by atomic mass is 16.3. The van der Waals surface area contributed by atoms with Crippen molar-refractivity contribution < 1.29 is 9.90 Å². The molecule has 2 aromatic heterocycles. The number of nitrogens with zero attached hydrogens (tertiary/aromatic N) is 4. The highest BCUT2D eigenvalue weighted by Gasteiger charge is 2.25. The van der Waals surface area contributed by atoms with Gasteiger partial charge in [0.05, 0.1) is 11.1 Å². The molecule has 0 spiro atoms. The maximum absolute atomic E-state index is 12.4. The Bertz CT molecular complexity index is 1120. The third-order valence-corrected chi connectivity index (χ3v) is 5.64. The zero-order chi connectivity index (χ0) is 23.1. The van der Waals surface area contributed by atoms with E-state index in [0.29, 0.717) is 18.9 Å². The van der Waals surface area contributed by atoms with Crippen LogP contribution in [0.2, 0.25) is 0 Å². The van der Waals surface area contributed by atoms with Crippen LogP contribution in [0.5, 0.6) is 0 Å². The van der Waals surface area contributed by atoms with Crippen molar-refractivity contribution in [2.24, 2.45) is 0 Å². The van der Waals surface area contributed by atoms with Crippen LogP contribution in [0.4, 0.5) is 10.6 Å². The number of aliphatic hydroxyl groups is 1. The van der Waals surface area contributed by atoms with E-state index >= 15 is 0 Å². The summed E-state index contributed by atoms with van der Waals surface area (Å²) in [5, 5.41) is 17.5. The van der Waals surface area contributed by atoms with Crippen molar-refractivity contribution in [3.05, 3.63) is 48.2 Å². The Morgan fingerprint density at radius 3 is 2.75 bits per heavy atom. The summed E-state index contributed by atoms with van der Waals surface area (Å²) in [6, 6.07) is 2.00. The molecule has 170 valence electrons. The Labute approximate surface area is 187 Å². The Kier molecular flexibility index (Phi) is 5.46. The van der Waals surface area contributed by atoms with E-state index in [2.05, 4.69) is 31.7 Å². The molecule has 0 aromatic carbocycles. The Hall–Kier alpha value is -3.33. The van der Waals surface area contributed by atoms with Crippen molar-refractivity contribution in [1.29, 1.82) is 0 Å². The summed E-state index contributed by atoms with van der Waals surface area (Å²) in [6.45, 7) is 8.88. The summed E-state index contributed by atoms with van der Waals surface area (Å²) >= 11 is 0. The molecule has 4 rings (SSSR count). The van der Waals surface area contributed by atoms with E-state index < -0.39 is 5.72 Å². The molecule has 0 unspecified atom stereocenters. The first-order valence-electron chi connectivity index (χ1n) is 10.8. The molecule has 2 aliphatic rings. The van der Waals surface area contributed by atoms with Crippen molar-refractivity contribution in [3.8, 4) is 0 Å². The van der Waals surface area contributed by atoms with Gasteiger partial charge in [0, 0.05) is 37.6 Å². The van der Waals surface area contributed by atoms with Gasteiger partial charge in [0.2, 0.25) is 0 Å². The van der Waals surface area contributed by atoms with Gasteiger partial charge in [0.15, 0.2) is 5.72 Å². The number of hydrogen-bond donors (Lipinski definition) is 4. The van der Waals surface area contributed by atoms with Gasteiger partial charge in [0.1, 0.15) is 17.8 Å². The van der Waals surface area contributed by atoms with Gasteiger partial charge in [-0.1, -0.05) is 6.08 Å². The van der Waals surface area contributed by atoms with Gasteiger partial charge in [0.25, 0.3) is 0 Å². The third kappa shape index (κ3) is 4.62. The summed E-state index contributed by atoms with van der Waals surface area (Å²) in [5.41, 5.74) is 2.42. The Morgan fingerprint density at radius 1 is 1.31 bits per heavy atom. The van der Waals surface area contributed by atoms with Crippen molar-refractivity contribution in [3.63, 3.8) is 0 Å². The lowest BCUT2D eigenvalue weighted by Crippen LogP contribution is -2.49. The van der Waals surface area contributed by atoms with Crippen LogP contribution in [0.15, 0.2) is 42.5 Å². The molecule has 1 atom stereocenters. The lowest BCUT2D eigenvalue weighted by Gasteiger charge is -2.33. The predicted molar refractivity (Wildman–Crippen MR) is 126 cm³/mol. The molecule has 4 heterocycles. The first-order chi connectivity index (χ1) is 15.0. The molecule has 2 aromatic rings. The maximum atomic E-state index is 12.4.